The van der Waals surface area contributed by atoms with Gasteiger partial charge in [-0.2, -0.15) is 0 Å². The van der Waals surface area contributed by atoms with Crippen LogP contribution >= 0.6 is 0 Å². The fraction of sp³-hybridized carbons (Fsp3) is 0.824. The summed E-state index contributed by atoms with van der Waals surface area (Å²) in [4.78, 5) is 10.9. The molecule has 0 fully saturated rings. The van der Waals surface area contributed by atoms with E-state index in [1.807, 2.05) is 0 Å². The summed E-state index contributed by atoms with van der Waals surface area (Å²) in [5.74, 6) is 0.529. The molecule has 0 saturated heterocycles. The molecule has 0 unspecified atom stereocenters. The molecule has 0 bridgehead atoms. The van der Waals surface area contributed by atoms with Crippen molar-refractivity contribution >= 4 is 5.97 Å². The van der Waals surface area contributed by atoms with Crippen LogP contribution < -0.4 is 5.32 Å². The highest BCUT2D eigenvalue weighted by atomic mass is 16.4. The molecule has 0 aromatic heterocycles. The van der Waals surface area contributed by atoms with Crippen molar-refractivity contribution in [3.8, 4) is 0 Å². The summed E-state index contributed by atoms with van der Waals surface area (Å²) in [6, 6.07) is 0. The second-order valence-corrected chi connectivity index (χ2v) is 6.27. The lowest BCUT2D eigenvalue weighted by Crippen LogP contribution is -2.28. The predicted molar refractivity (Wildman–Crippen MR) is 85.6 cm³/mol. The van der Waals surface area contributed by atoms with Crippen LogP contribution in [0.4, 0.5) is 0 Å². The Hall–Kier alpha value is -0.990. The minimum atomic E-state index is -0.707. The van der Waals surface area contributed by atoms with Gasteiger partial charge in [0.1, 0.15) is 0 Å². The topological polar surface area (TPSA) is 49.3 Å². The van der Waals surface area contributed by atoms with Gasteiger partial charge in [0, 0.05) is 18.7 Å². The molecule has 118 valence electrons. The van der Waals surface area contributed by atoms with Gasteiger partial charge in [0.2, 0.25) is 0 Å². The van der Waals surface area contributed by atoms with E-state index >= 15 is 0 Å². The molecule has 0 aromatic rings. The molecule has 0 radical (unpaired) electrons. The Morgan fingerprint density at radius 1 is 1.20 bits per heavy atom. The van der Waals surface area contributed by atoms with E-state index < -0.39 is 5.97 Å². The molecule has 0 amide bonds. The zero-order valence-electron chi connectivity index (χ0n) is 13.7. The number of nitrogens with one attached hydrogen (secondary N) is 1. The maximum absolute atomic E-state index is 10.9. The van der Waals surface area contributed by atoms with Crippen LogP contribution in [0.2, 0.25) is 0 Å². The fourth-order valence-corrected chi connectivity index (χ4v) is 2.76. The first kappa shape index (κ1) is 19.0. The molecule has 0 aliphatic heterocycles. The number of carboxylic acid groups (broad SMARTS) is 1. The van der Waals surface area contributed by atoms with Gasteiger partial charge in [0.25, 0.3) is 0 Å². The van der Waals surface area contributed by atoms with Crippen LogP contribution in [0.5, 0.6) is 0 Å². The number of hydrogen-bond acceptors (Lipinski definition) is 2. The van der Waals surface area contributed by atoms with Crippen LogP contribution in [0.15, 0.2) is 12.3 Å². The standard InChI is InChI=1S/C17H33NO2/c1-6-8-16(9-7-2)14(5)18-12-15(10-13(3)4)11-17(19)20/h13,15-16,18H,5-12H2,1-4H3,(H,19,20)/t15-/m0/s1. The minimum absolute atomic E-state index is 0.188. The normalized spacial score (nSPS) is 12.7. The van der Waals surface area contributed by atoms with Gasteiger partial charge in [0.05, 0.1) is 0 Å². The molecule has 0 spiro atoms. The van der Waals surface area contributed by atoms with Gasteiger partial charge >= 0.3 is 5.97 Å². The summed E-state index contributed by atoms with van der Waals surface area (Å²) in [5.41, 5.74) is 1.09. The van der Waals surface area contributed by atoms with Crippen molar-refractivity contribution < 1.29 is 9.90 Å². The van der Waals surface area contributed by atoms with E-state index in [1.54, 1.807) is 0 Å². The number of rotatable bonds is 12. The van der Waals surface area contributed by atoms with Crippen molar-refractivity contribution in [2.24, 2.45) is 17.8 Å². The molecule has 0 aromatic carbocycles. The smallest absolute Gasteiger partial charge is 0.303 e. The van der Waals surface area contributed by atoms with Gasteiger partial charge in [0.15, 0.2) is 0 Å². The van der Waals surface area contributed by atoms with Crippen LogP contribution in [-0.4, -0.2) is 17.6 Å². The van der Waals surface area contributed by atoms with Crippen molar-refractivity contribution in [3.05, 3.63) is 12.3 Å². The van der Waals surface area contributed by atoms with Gasteiger partial charge in [-0.1, -0.05) is 47.1 Å². The summed E-state index contributed by atoms with van der Waals surface area (Å²) in [6.45, 7) is 13.6. The van der Waals surface area contributed by atoms with E-state index in [2.05, 4.69) is 39.6 Å². The lowest BCUT2D eigenvalue weighted by molar-refractivity contribution is -0.138. The third kappa shape index (κ3) is 9.00. The van der Waals surface area contributed by atoms with E-state index in [1.165, 1.54) is 0 Å². The molecule has 0 heterocycles. The molecule has 0 saturated carbocycles. The van der Waals surface area contributed by atoms with Crippen molar-refractivity contribution in [1.82, 2.24) is 5.32 Å². The number of aliphatic carboxylic acids is 1. The Bertz CT molecular complexity index is 281. The van der Waals surface area contributed by atoms with Crippen molar-refractivity contribution in [2.45, 2.75) is 66.2 Å². The Kier molecular flexibility index (Phi) is 10.2. The Labute approximate surface area is 124 Å². The van der Waals surface area contributed by atoms with Crippen molar-refractivity contribution in [2.75, 3.05) is 6.54 Å². The molecule has 0 rings (SSSR count). The average molecular weight is 283 g/mol. The van der Waals surface area contributed by atoms with Crippen molar-refractivity contribution in [3.63, 3.8) is 0 Å². The second-order valence-electron chi connectivity index (χ2n) is 6.27. The van der Waals surface area contributed by atoms with E-state index in [-0.39, 0.29) is 12.3 Å². The molecular formula is C17H33NO2. The van der Waals surface area contributed by atoms with Gasteiger partial charge in [-0.3, -0.25) is 4.79 Å². The first-order valence-corrected chi connectivity index (χ1v) is 8.05. The predicted octanol–water partition coefficient (Wildman–Crippen LogP) is 4.44. The van der Waals surface area contributed by atoms with Crippen LogP contribution in [0, 0.1) is 17.8 Å². The third-order valence-corrected chi connectivity index (χ3v) is 3.65. The molecule has 20 heavy (non-hydrogen) atoms. The number of allylic oxidation sites excluding steroid dienone is 1. The lowest BCUT2D eigenvalue weighted by atomic mass is 9.92. The van der Waals surface area contributed by atoms with Gasteiger partial charge < -0.3 is 10.4 Å². The molecule has 0 aliphatic carbocycles. The largest absolute Gasteiger partial charge is 0.481 e. The molecular weight excluding hydrogens is 250 g/mol. The number of carboxylic acids is 1. The minimum Gasteiger partial charge on any atom is -0.481 e. The summed E-state index contributed by atoms with van der Waals surface area (Å²) in [7, 11) is 0. The average Bonchev–Trinajstić information content (AvgIpc) is 2.34. The summed E-state index contributed by atoms with van der Waals surface area (Å²) in [6.07, 6.45) is 5.83. The van der Waals surface area contributed by atoms with E-state index in [0.29, 0.717) is 11.8 Å². The van der Waals surface area contributed by atoms with Gasteiger partial charge in [-0.25, -0.2) is 0 Å². The fourth-order valence-electron chi connectivity index (χ4n) is 2.76. The van der Waals surface area contributed by atoms with E-state index in [0.717, 1.165) is 44.3 Å². The molecule has 3 heteroatoms. The molecule has 1 atom stereocenters. The highest BCUT2D eigenvalue weighted by Gasteiger charge is 2.17. The molecule has 2 N–H and O–H groups in total. The summed E-state index contributed by atoms with van der Waals surface area (Å²) < 4.78 is 0. The summed E-state index contributed by atoms with van der Waals surface area (Å²) >= 11 is 0. The first-order chi connectivity index (χ1) is 9.40. The second kappa shape index (κ2) is 10.8. The highest BCUT2D eigenvalue weighted by molar-refractivity contribution is 5.67. The Balaban J connectivity index is 4.35. The molecule has 0 aliphatic rings. The van der Waals surface area contributed by atoms with E-state index in [9.17, 15) is 4.79 Å². The Morgan fingerprint density at radius 2 is 1.75 bits per heavy atom. The first-order valence-electron chi connectivity index (χ1n) is 8.05. The SMILES string of the molecule is C=C(NC[C@H](CC(=O)O)CC(C)C)C(CCC)CCC. The quantitative estimate of drug-likeness (QED) is 0.556. The van der Waals surface area contributed by atoms with Crippen LogP contribution in [-0.2, 0) is 4.79 Å². The Morgan fingerprint density at radius 3 is 2.15 bits per heavy atom. The number of carbonyl (C=O) groups is 1. The maximum Gasteiger partial charge on any atom is 0.303 e. The third-order valence-electron chi connectivity index (χ3n) is 3.65. The molecule has 3 nitrogen and oxygen atoms in total. The zero-order chi connectivity index (χ0) is 15.5. The van der Waals surface area contributed by atoms with E-state index in [4.69, 9.17) is 5.11 Å². The highest BCUT2D eigenvalue weighted by Crippen LogP contribution is 2.21. The van der Waals surface area contributed by atoms with Crippen LogP contribution in [0.1, 0.15) is 66.2 Å². The van der Waals surface area contributed by atoms with Crippen molar-refractivity contribution in [1.29, 1.82) is 0 Å². The van der Waals surface area contributed by atoms with Crippen LogP contribution in [0.25, 0.3) is 0 Å². The lowest BCUT2D eigenvalue weighted by Gasteiger charge is -2.24. The van der Waals surface area contributed by atoms with Gasteiger partial charge in [-0.15, -0.1) is 0 Å². The zero-order valence-corrected chi connectivity index (χ0v) is 13.7. The summed E-state index contributed by atoms with van der Waals surface area (Å²) in [5, 5.41) is 12.4. The maximum atomic E-state index is 10.9. The van der Waals surface area contributed by atoms with Gasteiger partial charge in [-0.05, 0) is 37.0 Å². The monoisotopic (exact) mass is 283 g/mol. The van der Waals surface area contributed by atoms with Crippen LogP contribution in [0.3, 0.4) is 0 Å². The number of hydrogen-bond donors (Lipinski definition) is 2.